The third-order valence-electron chi connectivity index (χ3n) is 6.92. The monoisotopic (exact) mass is 410 g/mol. The van der Waals surface area contributed by atoms with E-state index < -0.39 is 0 Å². The number of fused-ring (bicyclic) bond motifs is 2. The lowest BCUT2D eigenvalue weighted by Gasteiger charge is -2.31. The predicted molar refractivity (Wildman–Crippen MR) is 110 cm³/mol. The van der Waals surface area contributed by atoms with Crippen molar-refractivity contribution in [2.75, 3.05) is 13.6 Å². The third-order valence-corrected chi connectivity index (χ3v) is 6.92. The molecule has 4 N–H and O–H groups in total. The molecular formula is C21H32ClFN4O. The standard InChI is InChI=1S/C21H31FN4O.ClH/c1-26(21(27)19-14-7-8-15(10-14)20(19)23)9-3-6-17-12-18(25-24-17)13-4-2-5-16(22)11-13;/h2,4-5,11,14-15,17-20,24-25H,3,6-10,12,23H2,1H3;1H. The first kappa shape index (κ1) is 21.5. The van der Waals surface area contributed by atoms with Gasteiger partial charge < -0.3 is 10.6 Å². The summed E-state index contributed by atoms with van der Waals surface area (Å²) in [5.74, 6) is 1.15. The number of hydrogen-bond donors (Lipinski definition) is 3. The smallest absolute Gasteiger partial charge is 0.227 e. The van der Waals surface area contributed by atoms with Crippen molar-refractivity contribution < 1.29 is 9.18 Å². The highest BCUT2D eigenvalue weighted by Crippen LogP contribution is 2.48. The zero-order valence-electron chi connectivity index (χ0n) is 16.4. The molecule has 7 heteroatoms. The fraction of sp³-hybridized carbons (Fsp3) is 0.667. The van der Waals surface area contributed by atoms with E-state index in [2.05, 4.69) is 10.9 Å². The molecule has 6 unspecified atom stereocenters. The Balaban J connectivity index is 0.00000225. The van der Waals surface area contributed by atoms with Crippen molar-refractivity contribution in [3.8, 4) is 0 Å². The Bertz CT molecular complexity index is 688. The molecule has 1 aromatic rings. The predicted octanol–water partition coefficient (Wildman–Crippen LogP) is 2.77. The van der Waals surface area contributed by atoms with Crippen LogP contribution in [0.25, 0.3) is 0 Å². The molecule has 1 saturated heterocycles. The van der Waals surface area contributed by atoms with Gasteiger partial charge in [0.15, 0.2) is 0 Å². The van der Waals surface area contributed by atoms with Gasteiger partial charge in [0.1, 0.15) is 5.82 Å². The fourth-order valence-corrected chi connectivity index (χ4v) is 5.40. The molecule has 6 atom stereocenters. The second-order valence-electron chi connectivity index (χ2n) is 8.67. The second kappa shape index (κ2) is 9.08. The molecule has 2 bridgehead atoms. The molecule has 4 rings (SSSR count). The summed E-state index contributed by atoms with van der Waals surface area (Å²) < 4.78 is 13.4. The van der Waals surface area contributed by atoms with Crippen molar-refractivity contribution in [3.63, 3.8) is 0 Å². The number of nitrogens with one attached hydrogen (secondary N) is 2. The molecule has 28 heavy (non-hydrogen) atoms. The molecule has 5 nitrogen and oxygen atoms in total. The molecule has 3 aliphatic rings. The number of nitrogens with two attached hydrogens (primary N) is 1. The van der Waals surface area contributed by atoms with Crippen LogP contribution in [0.15, 0.2) is 24.3 Å². The first-order valence-corrected chi connectivity index (χ1v) is 10.3. The Morgan fingerprint density at radius 1 is 1.25 bits per heavy atom. The highest BCUT2D eigenvalue weighted by molar-refractivity contribution is 5.85. The van der Waals surface area contributed by atoms with Crippen molar-refractivity contribution >= 4 is 18.3 Å². The van der Waals surface area contributed by atoms with Crippen LogP contribution in [0.1, 0.15) is 50.1 Å². The van der Waals surface area contributed by atoms with Crippen molar-refractivity contribution in [2.24, 2.45) is 23.5 Å². The lowest BCUT2D eigenvalue weighted by atomic mass is 9.84. The molecule has 0 spiro atoms. The Morgan fingerprint density at radius 2 is 2.04 bits per heavy atom. The number of hydrogen-bond acceptors (Lipinski definition) is 4. The molecule has 3 fully saturated rings. The van der Waals surface area contributed by atoms with Gasteiger partial charge in [-0.3, -0.25) is 15.6 Å². The molecule has 2 saturated carbocycles. The van der Waals surface area contributed by atoms with Gasteiger partial charge in [-0.1, -0.05) is 12.1 Å². The van der Waals surface area contributed by atoms with Crippen molar-refractivity contribution in [1.82, 2.24) is 15.8 Å². The molecule has 0 radical (unpaired) electrons. The largest absolute Gasteiger partial charge is 0.345 e. The summed E-state index contributed by atoms with van der Waals surface area (Å²) in [6.07, 6.45) is 6.38. The number of nitrogens with zero attached hydrogens (tertiary/aromatic N) is 1. The van der Waals surface area contributed by atoms with Crippen LogP contribution in [0, 0.1) is 23.6 Å². The van der Waals surface area contributed by atoms with Gasteiger partial charge in [0.2, 0.25) is 5.91 Å². The summed E-state index contributed by atoms with van der Waals surface area (Å²) in [6, 6.07) is 7.30. The van der Waals surface area contributed by atoms with E-state index in [1.54, 1.807) is 12.1 Å². The topological polar surface area (TPSA) is 70.4 Å². The number of hydrazine groups is 1. The lowest BCUT2D eigenvalue weighted by Crippen LogP contribution is -2.46. The van der Waals surface area contributed by atoms with Crippen LogP contribution in [0.4, 0.5) is 4.39 Å². The molecule has 1 aromatic carbocycles. The van der Waals surface area contributed by atoms with Crippen molar-refractivity contribution in [2.45, 2.75) is 56.7 Å². The lowest BCUT2D eigenvalue weighted by molar-refractivity contribution is -0.136. The Morgan fingerprint density at radius 3 is 2.75 bits per heavy atom. The van der Waals surface area contributed by atoms with Crippen LogP contribution < -0.4 is 16.6 Å². The first-order chi connectivity index (χ1) is 13.0. The van der Waals surface area contributed by atoms with Gasteiger partial charge in [-0.2, -0.15) is 0 Å². The second-order valence-corrected chi connectivity index (χ2v) is 8.67. The maximum atomic E-state index is 13.4. The van der Waals surface area contributed by atoms with E-state index in [1.807, 2.05) is 18.0 Å². The normalized spacial score (nSPS) is 33.7. The van der Waals surface area contributed by atoms with E-state index in [4.69, 9.17) is 5.73 Å². The zero-order valence-corrected chi connectivity index (χ0v) is 17.3. The van der Waals surface area contributed by atoms with Gasteiger partial charge in [0.25, 0.3) is 0 Å². The van der Waals surface area contributed by atoms with Gasteiger partial charge in [-0.15, -0.1) is 12.4 Å². The Labute approximate surface area is 173 Å². The highest BCUT2D eigenvalue weighted by atomic mass is 35.5. The summed E-state index contributed by atoms with van der Waals surface area (Å²) in [5.41, 5.74) is 13.9. The molecule has 1 aliphatic heterocycles. The van der Waals surface area contributed by atoms with Crippen LogP contribution in [0.3, 0.4) is 0 Å². The molecule has 1 amide bonds. The molecule has 1 heterocycles. The van der Waals surface area contributed by atoms with Gasteiger partial charge >= 0.3 is 0 Å². The zero-order chi connectivity index (χ0) is 19.0. The maximum absolute atomic E-state index is 13.4. The maximum Gasteiger partial charge on any atom is 0.227 e. The van der Waals surface area contributed by atoms with E-state index >= 15 is 0 Å². The molecule has 2 aliphatic carbocycles. The Kier molecular flexibility index (Phi) is 6.97. The number of rotatable bonds is 6. The van der Waals surface area contributed by atoms with E-state index in [-0.39, 0.29) is 42.1 Å². The van der Waals surface area contributed by atoms with Crippen LogP contribution in [-0.4, -0.2) is 36.5 Å². The van der Waals surface area contributed by atoms with E-state index in [0.717, 1.165) is 37.8 Å². The van der Waals surface area contributed by atoms with Crippen molar-refractivity contribution in [3.05, 3.63) is 35.6 Å². The summed E-state index contributed by atoms with van der Waals surface area (Å²) in [7, 11) is 1.91. The van der Waals surface area contributed by atoms with Gasteiger partial charge in [0.05, 0.1) is 5.92 Å². The minimum absolute atomic E-state index is 0. The molecule has 156 valence electrons. The minimum atomic E-state index is -0.197. The van der Waals surface area contributed by atoms with Crippen LogP contribution >= 0.6 is 12.4 Å². The summed E-state index contributed by atoms with van der Waals surface area (Å²) in [4.78, 5) is 14.7. The third kappa shape index (κ3) is 4.35. The van der Waals surface area contributed by atoms with Crippen LogP contribution in [-0.2, 0) is 4.79 Å². The SMILES string of the molecule is CN(CCCC1CC(c2cccc(F)c2)NN1)C(=O)C1C2CCC(C2)C1N.Cl. The quantitative estimate of drug-likeness (QED) is 0.674. The minimum Gasteiger partial charge on any atom is -0.345 e. The number of halogens is 2. The first-order valence-electron chi connectivity index (χ1n) is 10.3. The average molecular weight is 411 g/mol. The van der Waals surface area contributed by atoms with E-state index in [1.165, 1.54) is 18.9 Å². The number of amides is 1. The Hall–Kier alpha value is -1.21. The van der Waals surface area contributed by atoms with E-state index in [0.29, 0.717) is 17.9 Å². The van der Waals surface area contributed by atoms with Crippen molar-refractivity contribution in [1.29, 1.82) is 0 Å². The summed E-state index contributed by atoms with van der Waals surface area (Å²) in [5, 5.41) is 0. The highest BCUT2D eigenvalue weighted by Gasteiger charge is 2.49. The molecule has 0 aromatic heterocycles. The number of benzene rings is 1. The van der Waals surface area contributed by atoms with Gasteiger partial charge in [-0.25, -0.2) is 4.39 Å². The number of carbonyl (C=O) groups excluding carboxylic acids is 1. The average Bonchev–Trinajstić information content (AvgIpc) is 3.37. The van der Waals surface area contributed by atoms with Gasteiger partial charge in [-0.05, 0) is 68.1 Å². The van der Waals surface area contributed by atoms with Crippen LogP contribution in [0.2, 0.25) is 0 Å². The molecular weight excluding hydrogens is 379 g/mol. The van der Waals surface area contributed by atoms with Gasteiger partial charge in [0, 0.05) is 31.7 Å². The summed E-state index contributed by atoms with van der Waals surface area (Å²) in [6.45, 7) is 0.766. The number of carbonyl (C=O) groups is 1. The fourth-order valence-electron chi connectivity index (χ4n) is 5.40. The van der Waals surface area contributed by atoms with Crippen LogP contribution in [0.5, 0.6) is 0 Å². The summed E-state index contributed by atoms with van der Waals surface area (Å²) >= 11 is 0. The van der Waals surface area contributed by atoms with E-state index in [9.17, 15) is 9.18 Å².